The van der Waals surface area contributed by atoms with Crippen LogP contribution in [0.2, 0.25) is 0 Å². The van der Waals surface area contributed by atoms with E-state index in [1.165, 1.54) is 51.4 Å². The second kappa shape index (κ2) is 9.39. The van der Waals surface area contributed by atoms with Gasteiger partial charge in [-0.2, -0.15) is 0 Å². The molecular formula is C34H50O3. The Morgan fingerprint density at radius 2 is 1.78 bits per heavy atom. The number of rotatable bonds is 7. The minimum Gasteiger partial charge on any atom is -0.459 e. The van der Waals surface area contributed by atoms with Crippen molar-refractivity contribution in [3.05, 3.63) is 35.9 Å². The molecule has 0 radical (unpaired) electrons. The van der Waals surface area contributed by atoms with Gasteiger partial charge in [-0.3, -0.25) is 0 Å². The van der Waals surface area contributed by atoms with Crippen LogP contribution in [0, 0.1) is 46.3 Å². The van der Waals surface area contributed by atoms with Crippen molar-refractivity contribution >= 4 is 5.97 Å². The van der Waals surface area contributed by atoms with Gasteiger partial charge in [0.05, 0.1) is 11.7 Å². The van der Waals surface area contributed by atoms with E-state index in [1.807, 2.05) is 30.3 Å². The lowest BCUT2D eigenvalue weighted by molar-refractivity contribution is -0.118. The Morgan fingerprint density at radius 1 is 1.00 bits per heavy atom. The summed E-state index contributed by atoms with van der Waals surface area (Å²) in [7, 11) is 0. The molecule has 4 aliphatic carbocycles. The fourth-order valence-corrected chi connectivity index (χ4v) is 10.6. The van der Waals surface area contributed by atoms with Gasteiger partial charge in [0.1, 0.15) is 11.7 Å². The molecule has 204 valence electrons. The Labute approximate surface area is 225 Å². The van der Waals surface area contributed by atoms with Crippen molar-refractivity contribution in [2.24, 2.45) is 46.3 Å². The number of hydrogen-bond acceptors (Lipinski definition) is 3. The number of fused-ring (bicyclic) bond motifs is 4. The molecule has 10 atom stereocenters. The van der Waals surface area contributed by atoms with E-state index < -0.39 is 0 Å². The molecule has 5 fully saturated rings. The quantitative estimate of drug-likeness (QED) is 0.275. The van der Waals surface area contributed by atoms with Gasteiger partial charge in [0.25, 0.3) is 0 Å². The normalized spacial score (nSPS) is 44.8. The number of benzene rings is 1. The lowest BCUT2D eigenvalue weighted by Gasteiger charge is -2.59. The molecule has 3 heteroatoms. The van der Waals surface area contributed by atoms with Crippen molar-refractivity contribution in [2.45, 2.75) is 123 Å². The lowest BCUT2D eigenvalue weighted by Crippen LogP contribution is -2.59. The van der Waals surface area contributed by atoms with Gasteiger partial charge in [-0.15, -0.1) is 0 Å². The van der Waals surface area contributed by atoms with Crippen molar-refractivity contribution in [3.8, 4) is 0 Å². The van der Waals surface area contributed by atoms with E-state index >= 15 is 0 Å². The summed E-state index contributed by atoms with van der Waals surface area (Å²) in [5.41, 5.74) is 1.36. The minimum absolute atomic E-state index is 0.0151. The van der Waals surface area contributed by atoms with E-state index in [4.69, 9.17) is 9.47 Å². The third-order valence-corrected chi connectivity index (χ3v) is 12.5. The molecule has 0 bridgehead atoms. The zero-order valence-corrected chi connectivity index (χ0v) is 24.0. The van der Waals surface area contributed by atoms with Gasteiger partial charge in [0.2, 0.25) is 0 Å². The number of ether oxygens (including phenoxy) is 2. The molecule has 5 aliphatic rings. The Morgan fingerprint density at radius 3 is 2.54 bits per heavy atom. The standard InChI is InChI=1S/C34H50O3/c1-22(2)10-9-11-23(3)27-14-15-28-26-20-30-34(37-30)21-25(36-31(35)24-12-7-6-8-13-24)16-19-33(34,5)29(26)17-18-32(27,28)4/h6-8,12-13,22-23,25-30H,9-11,14-21H2,1-5H3/t23-,25-,26+,27-,28+,29+,30-,32+,33+,34-/m0/s1. The van der Waals surface area contributed by atoms with E-state index in [0.717, 1.165) is 54.8 Å². The van der Waals surface area contributed by atoms with E-state index in [-0.39, 0.29) is 23.1 Å². The van der Waals surface area contributed by atoms with Gasteiger partial charge in [0, 0.05) is 11.8 Å². The first-order valence-electron chi connectivity index (χ1n) is 15.6. The fraction of sp³-hybridized carbons (Fsp3) is 0.794. The smallest absolute Gasteiger partial charge is 0.338 e. The molecule has 0 unspecified atom stereocenters. The molecule has 1 aliphatic heterocycles. The molecule has 0 aromatic heterocycles. The molecule has 1 saturated heterocycles. The van der Waals surface area contributed by atoms with Gasteiger partial charge in [0.15, 0.2) is 0 Å². The molecular weight excluding hydrogens is 456 g/mol. The van der Waals surface area contributed by atoms with Crippen LogP contribution < -0.4 is 0 Å². The van der Waals surface area contributed by atoms with Gasteiger partial charge in [-0.1, -0.05) is 72.1 Å². The second-order valence-electron chi connectivity index (χ2n) is 14.7. The number of epoxide rings is 1. The third-order valence-electron chi connectivity index (χ3n) is 12.5. The summed E-state index contributed by atoms with van der Waals surface area (Å²) in [6.45, 7) is 12.5. The SMILES string of the molecule is CC(C)CCC[C@H](C)[C@@H]1CC[C@@H]2[C@H]3C[C@@H]4O[C@@]45C[C@@H](OC(=O)c4ccccc4)CC[C@]5(C)[C@@H]3CC[C@@]21C. The molecule has 0 amide bonds. The van der Waals surface area contributed by atoms with Crippen LogP contribution in [0.3, 0.4) is 0 Å². The Bertz CT molecular complexity index is 988. The summed E-state index contributed by atoms with van der Waals surface area (Å²) < 4.78 is 12.8. The van der Waals surface area contributed by atoms with Crippen LogP contribution in [0.1, 0.15) is 116 Å². The first-order valence-corrected chi connectivity index (χ1v) is 15.6. The molecule has 1 aromatic rings. The monoisotopic (exact) mass is 506 g/mol. The topological polar surface area (TPSA) is 38.8 Å². The zero-order chi connectivity index (χ0) is 26.0. The number of esters is 1. The van der Waals surface area contributed by atoms with E-state index in [2.05, 4.69) is 34.6 Å². The summed E-state index contributed by atoms with van der Waals surface area (Å²) in [6, 6.07) is 9.47. The van der Waals surface area contributed by atoms with Crippen molar-refractivity contribution in [1.29, 1.82) is 0 Å². The first kappa shape index (κ1) is 25.9. The highest BCUT2D eigenvalue weighted by molar-refractivity contribution is 5.89. The predicted molar refractivity (Wildman–Crippen MR) is 148 cm³/mol. The highest BCUT2D eigenvalue weighted by atomic mass is 16.6. The lowest BCUT2D eigenvalue weighted by atomic mass is 9.44. The molecule has 3 nitrogen and oxygen atoms in total. The summed E-state index contributed by atoms with van der Waals surface area (Å²) in [6.07, 6.45) is 14.5. The van der Waals surface area contributed by atoms with Crippen molar-refractivity contribution in [2.75, 3.05) is 0 Å². The maximum absolute atomic E-state index is 12.8. The van der Waals surface area contributed by atoms with E-state index in [0.29, 0.717) is 17.1 Å². The fourth-order valence-electron chi connectivity index (χ4n) is 10.6. The van der Waals surface area contributed by atoms with E-state index in [1.54, 1.807) is 0 Å². The maximum Gasteiger partial charge on any atom is 0.338 e. The van der Waals surface area contributed by atoms with Gasteiger partial charge >= 0.3 is 5.97 Å². The van der Waals surface area contributed by atoms with Crippen molar-refractivity contribution in [3.63, 3.8) is 0 Å². The van der Waals surface area contributed by atoms with E-state index in [9.17, 15) is 4.79 Å². The van der Waals surface area contributed by atoms with Gasteiger partial charge < -0.3 is 9.47 Å². The van der Waals surface area contributed by atoms with Crippen LogP contribution in [0.25, 0.3) is 0 Å². The molecule has 1 spiro atoms. The molecule has 37 heavy (non-hydrogen) atoms. The summed E-state index contributed by atoms with van der Waals surface area (Å²) >= 11 is 0. The van der Waals surface area contributed by atoms with Crippen LogP contribution >= 0.6 is 0 Å². The minimum atomic E-state index is -0.176. The average molecular weight is 507 g/mol. The van der Waals surface area contributed by atoms with Crippen LogP contribution in [0.15, 0.2) is 30.3 Å². The van der Waals surface area contributed by atoms with Crippen LogP contribution in [0.4, 0.5) is 0 Å². The van der Waals surface area contributed by atoms with Crippen molar-refractivity contribution in [1.82, 2.24) is 0 Å². The molecule has 0 N–H and O–H groups in total. The first-order chi connectivity index (χ1) is 17.7. The second-order valence-corrected chi connectivity index (χ2v) is 14.7. The van der Waals surface area contributed by atoms with Crippen molar-refractivity contribution < 1.29 is 14.3 Å². The highest BCUT2D eigenvalue weighted by Gasteiger charge is 2.76. The molecule has 4 saturated carbocycles. The van der Waals surface area contributed by atoms with Crippen LogP contribution in [0.5, 0.6) is 0 Å². The van der Waals surface area contributed by atoms with Crippen LogP contribution in [-0.4, -0.2) is 23.8 Å². The number of carbonyl (C=O) groups is 1. The maximum atomic E-state index is 12.8. The third kappa shape index (κ3) is 4.12. The zero-order valence-electron chi connectivity index (χ0n) is 24.0. The highest BCUT2D eigenvalue weighted by Crippen LogP contribution is 2.74. The largest absolute Gasteiger partial charge is 0.459 e. The summed E-state index contributed by atoms with van der Waals surface area (Å²) in [5, 5.41) is 0. The predicted octanol–water partition coefficient (Wildman–Crippen LogP) is 8.46. The molecule has 1 heterocycles. The average Bonchev–Trinajstić information content (AvgIpc) is 3.45. The number of hydrogen-bond donors (Lipinski definition) is 0. The molecule has 6 rings (SSSR count). The number of carbonyl (C=O) groups excluding carboxylic acids is 1. The summed E-state index contributed by atoms with van der Waals surface area (Å²) in [5.74, 6) is 4.87. The summed E-state index contributed by atoms with van der Waals surface area (Å²) in [4.78, 5) is 12.8. The Balaban J connectivity index is 1.14. The van der Waals surface area contributed by atoms with Gasteiger partial charge in [-0.05, 0) is 98.0 Å². The molecule has 1 aromatic carbocycles. The Kier molecular flexibility index (Phi) is 6.57. The Hall–Kier alpha value is -1.35. The van der Waals surface area contributed by atoms with Crippen LogP contribution in [-0.2, 0) is 9.47 Å². The van der Waals surface area contributed by atoms with Gasteiger partial charge in [-0.25, -0.2) is 4.79 Å².